The molecule has 2 amide bonds. The van der Waals surface area contributed by atoms with E-state index in [-0.39, 0.29) is 29.7 Å². The smallest absolute Gasteiger partial charge is 0.264 e. The highest BCUT2D eigenvalue weighted by atomic mass is 16.2. The number of carbonyl (C=O) groups excluding carboxylic acids is 3. The lowest BCUT2D eigenvalue weighted by Gasteiger charge is -2.31. The standard InChI is InChI=1S/C40H28N2O3/c43-35(26-28-16-6-1-7-17-28)41(31-22-12-4-13-23-31)34-27-33-36(29-18-8-2-9-19-29)40(45)42(32-24-14-5-15-25-32)38(33)37(39(34)44)30-20-10-3-11-21-30/h1-25,27H,26H2. The van der Waals surface area contributed by atoms with Crippen molar-refractivity contribution in [3.8, 4) is 0 Å². The summed E-state index contributed by atoms with van der Waals surface area (Å²) < 4.78 is 0. The maximum Gasteiger partial charge on any atom is 0.264 e. The van der Waals surface area contributed by atoms with E-state index in [1.807, 2.05) is 152 Å². The molecule has 5 aromatic carbocycles. The molecule has 7 rings (SSSR count). The van der Waals surface area contributed by atoms with Crippen molar-refractivity contribution in [3.05, 3.63) is 191 Å². The topological polar surface area (TPSA) is 57.7 Å². The molecule has 1 aliphatic heterocycles. The van der Waals surface area contributed by atoms with Crippen LogP contribution in [-0.4, -0.2) is 17.6 Å². The van der Waals surface area contributed by atoms with Gasteiger partial charge in [-0.1, -0.05) is 127 Å². The van der Waals surface area contributed by atoms with Gasteiger partial charge in [0.2, 0.25) is 11.7 Å². The van der Waals surface area contributed by atoms with Gasteiger partial charge in [0.25, 0.3) is 5.91 Å². The number of nitrogens with zero attached hydrogens (tertiary/aromatic N) is 2. The first-order valence-electron chi connectivity index (χ1n) is 14.8. The molecule has 5 nitrogen and oxygen atoms in total. The van der Waals surface area contributed by atoms with Crippen molar-refractivity contribution >= 4 is 40.1 Å². The molecule has 0 spiro atoms. The molecule has 0 fully saturated rings. The Hall–Kier alpha value is -6.07. The van der Waals surface area contributed by atoms with Gasteiger partial charge in [-0.25, -0.2) is 0 Å². The van der Waals surface area contributed by atoms with Crippen molar-refractivity contribution < 1.29 is 14.4 Å². The van der Waals surface area contributed by atoms with Gasteiger partial charge in [-0.2, -0.15) is 0 Å². The van der Waals surface area contributed by atoms with E-state index >= 15 is 0 Å². The molecule has 0 atom stereocenters. The fraction of sp³-hybridized carbons (Fsp3) is 0.0250. The van der Waals surface area contributed by atoms with Crippen molar-refractivity contribution in [2.24, 2.45) is 0 Å². The largest absolute Gasteiger partial charge is 0.287 e. The molecule has 1 aliphatic carbocycles. The van der Waals surface area contributed by atoms with Crippen molar-refractivity contribution in [1.29, 1.82) is 0 Å². The Balaban J connectivity index is 1.50. The van der Waals surface area contributed by atoms with Crippen LogP contribution in [0.1, 0.15) is 16.7 Å². The second-order valence-corrected chi connectivity index (χ2v) is 10.8. The van der Waals surface area contributed by atoms with E-state index in [0.29, 0.717) is 39.4 Å². The van der Waals surface area contributed by atoms with E-state index in [4.69, 9.17) is 0 Å². The first-order chi connectivity index (χ1) is 22.1. The van der Waals surface area contributed by atoms with Crippen LogP contribution in [0, 0.1) is 0 Å². The number of benzene rings is 5. The van der Waals surface area contributed by atoms with E-state index in [0.717, 1.165) is 11.1 Å². The van der Waals surface area contributed by atoms with Crippen molar-refractivity contribution in [1.82, 2.24) is 0 Å². The van der Waals surface area contributed by atoms with Gasteiger partial charge >= 0.3 is 0 Å². The Morgan fingerprint density at radius 1 is 0.578 bits per heavy atom. The van der Waals surface area contributed by atoms with E-state index in [9.17, 15) is 14.4 Å². The number of rotatable bonds is 7. The lowest BCUT2D eigenvalue weighted by molar-refractivity contribution is -0.119. The molecule has 5 heteroatoms. The lowest BCUT2D eigenvalue weighted by atomic mass is 9.87. The van der Waals surface area contributed by atoms with E-state index in [1.54, 1.807) is 11.0 Å². The number of anilines is 2. The third-order valence-electron chi connectivity index (χ3n) is 7.98. The maximum absolute atomic E-state index is 14.9. The van der Waals surface area contributed by atoms with Crippen LogP contribution in [0.5, 0.6) is 0 Å². The van der Waals surface area contributed by atoms with E-state index < -0.39 is 0 Å². The van der Waals surface area contributed by atoms with Crippen molar-refractivity contribution in [3.63, 3.8) is 0 Å². The average molecular weight is 585 g/mol. The predicted octanol–water partition coefficient (Wildman–Crippen LogP) is 7.64. The highest BCUT2D eigenvalue weighted by Gasteiger charge is 2.44. The fourth-order valence-electron chi connectivity index (χ4n) is 5.98. The monoisotopic (exact) mass is 584 g/mol. The summed E-state index contributed by atoms with van der Waals surface area (Å²) in [5.41, 5.74) is 5.57. The Morgan fingerprint density at radius 3 is 1.64 bits per heavy atom. The van der Waals surface area contributed by atoms with Gasteiger partial charge in [-0.15, -0.1) is 0 Å². The molecule has 5 aromatic rings. The zero-order valence-corrected chi connectivity index (χ0v) is 24.3. The van der Waals surface area contributed by atoms with Gasteiger partial charge in [-0.05, 0) is 47.0 Å². The van der Waals surface area contributed by atoms with Crippen LogP contribution in [0.4, 0.5) is 11.4 Å². The average Bonchev–Trinajstić information content (AvgIpc) is 3.38. The molecule has 0 saturated carbocycles. The van der Waals surface area contributed by atoms with Crippen LogP contribution in [0.3, 0.4) is 0 Å². The summed E-state index contributed by atoms with van der Waals surface area (Å²) in [6, 6.07) is 46.9. The van der Waals surface area contributed by atoms with Crippen LogP contribution in [0.15, 0.2) is 175 Å². The summed E-state index contributed by atoms with van der Waals surface area (Å²) in [5.74, 6) is -0.833. The summed E-state index contributed by atoms with van der Waals surface area (Å²) in [7, 11) is 0. The van der Waals surface area contributed by atoms with Gasteiger partial charge in [0.15, 0.2) is 0 Å². The molecule has 45 heavy (non-hydrogen) atoms. The number of carbonyl (C=O) groups is 3. The summed E-state index contributed by atoms with van der Waals surface area (Å²) in [6.07, 6.45) is 1.82. The minimum absolute atomic E-state index is 0.0945. The molecule has 1 heterocycles. The highest BCUT2D eigenvalue weighted by molar-refractivity contribution is 6.41. The Bertz CT molecular complexity index is 2000. The molecule has 216 valence electrons. The molecule has 0 aromatic heterocycles. The van der Waals surface area contributed by atoms with Crippen LogP contribution >= 0.6 is 0 Å². The minimum Gasteiger partial charge on any atom is -0.287 e. The number of hydrogen-bond donors (Lipinski definition) is 0. The maximum atomic E-state index is 14.9. The Labute approximate surface area is 261 Å². The number of fused-ring (bicyclic) bond motifs is 1. The molecule has 0 radical (unpaired) electrons. The first-order valence-corrected chi connectivity index (χ1v) is 14.8. The fourth-order valence-corrected chi connectivity index (χ4v) is 5.98. The molecule has 2 aliphatic rings. The SMILES string of the molecule is O=C1C(N(C(=O)Cc2ccccc2)c2ccccc2)=CC2=C(c3ccccc3)C(=O)N(c3ccccc3)C2=C1c1ccccc1. The quantitative estimate of drug-likeness (QED) is 0.198. The van der Waals surface area contributed by atoms with E-state index in [2.05, 4.69) is 0 Å². The second kappa shape index (κ2) is 11.9. The highest BCUT2D eigenvalue weighted by Crippen LogP contribution is 2.47. The summed E-state index contributed by atoms with van der Waals surface area (Å²) >= 11 is 0. The zero-order chi connectivity index (χ0) is 30.8. The molecule has 0 N–H and O–H groups in total. The second-order valence-electron chi connectivity index (χ2n) is 10.8. The van der Waals surface area contributed by atoms with Crippen LogP contribution in [-0.2, 0) is 20.8 Å². The third-order valence-corrected chi connectivity index (χ3v) is 7.98. The van der Waals surface area contributed by atoms with Crippen LogP contribution < -0.4 is 9.80 Å². The molecule has 0 bridgehead atoms. The van der Waals surface area contributed by atoms with E-state index in [1.165, 1.54) is 4.90 Å². The number of amides is 2. The summed E-state index contributed by atoms with van der Waals surface area (Å²) in [6.45, 7) is 0. The normalized spacial score (nSPS) is 14.4. The summed E-state index contributed by atoms with van der Waals surface area (Å²) in [4.78, 5) is 46.7. The first kappa shape index (κ1) is 27.7. The predicted molar refractivity (Wildman–Crippen MR) is 178 cm³/mol. The van der Waals surface area contributed by atoms with Crippen molar-refractivity contribution in [2.75, 3.05) is 9.80 Å². The van der Waals surface area contributed by atoms with Crippen molar-refractivity contribution in [2.45, 2.75) is 6.42 Å². The van der Waals surface area contributed by atoms with Gasteiger partial charge in [-0.3, -0.25) is 24.2 Å². The van der Waals surface area contributed by atoms with Gasteiger partial charge in [0, 0.05) is 16.9 Å². The third kappa shape index (κ3) is 5.11. The van der Waals surface area contributed by atoms with Gasteiger partial charge in [0.1, 0.15) is 0 Å². The summed E-state index contributed by atoms with van der Waals surface area (Å²) in [5, 5.41) is 0. The van der Waals surface area contributed by atoms with Gasteiger partial charge in [0.05, 0.1) is 29.0 Å². The Kier molecular flexibility index (Phi) is 7.34. The Morgan fingerprint density at radius 2 is 1.07 bits per heavy atom. The lowest BCUT2D eigenvalue weighted by Crippen LogP contribution is -2.37. The molecular weight excluding hydrogens is 556 g/mol. The molecular formula is C40H28N2O3. The number of para-hydroxylation sites is 2. The van der Waals surface area contributed by atoms with Gasteiger partial charge < -0.3 is 0 Å². The van der Waals surface area contributed by atoms with Crippen LogP contribution in [0.2, 0.25) is 0 Å². The number of Topliss-reactive ketones (excluding diaryl/α,β-unsaturated/α-hetero) is 1. The number of ketones is 1. The molecule has 0 unspecified atom stereocenters. The number of allylic oxidation sites excluding steroid dienone is 2. The van der Waals surface area contributed by atoms with Crippen LogP contribution in [0.25, 0.3) is 11.1 Å². The minimum atomic E-state index is -0.340. The number of hydrogen-bond acceptors (Lipinski definition) is 3. The molecule has 0 saturated heterocycles. The zero-order valence-electron chi connectivity index (χ0n) is 24.3.